The van der Waals surface area contributed by atoms with E-state index in [0.29, 0.717) is 80.1 Å². The van der Waals surface area contributed by atoms with Crippen LogP contribution in [0.5, 0.6) is 0 Å². The number of ether oxygens (including phenoxy) is 2. The second kappa shape index (κ2) is 43.1. The van der Waals surface area contributed by atoms with E-state index in [9.17, 15) is 67.1 Å². The van der Waals surface area contributed by atoms with Gasteiger partial charge in [0.25, 0.3) is 11.8 Å². The first kappa shape index (κ1) is 83.0. The minimum atomic E-state index is -0.810. The number of primary amides is 2. The molecule has 4 atom stereocenters. The number of amides is 11. The highest BCUT2D eigenvalue weighted by Gasteiger charge is 2.32. The molecule has 0 saturated heterocycles. The Kier molecular flexibility index (Phi) is 37.6. The van der Waals surface area contributed by atoms with Gasteiger partial charge in [0.1, 0.15) is 13.2 Å². The van der Waals surface area contributed by atoms with Crippen molar-refractivity contribution in [2.75, 3.05) is 41.2 Å². The van der Waals surface area contributed by atoms with E-state index in [1.54, 1.807) is 90.1 Å². The number of nitrogens with one attached hydrogen (secondary N) is 7. The van der Waals surface area contributed by atoms with E-state index >= 15 is 0 Å². The molecule has 1 aliphatic heterocycles. The maximum Gasteiger partial charge on any atom is 0.312 e. The highest BCUT2D eigenvalue weighted by molar-refractivity contribution is 14.1. The number of hydrogen-bond donors (Lipinski definition) is 9. The zero-order chi connectivity index (χ0) is 71.4. The van der Waals surface area contributed by atoms with Crippen LogP contribution in [0.15, 0.2) is 60.7 Å². The third kappa shape index (κ3) is 34.7. The summed E-state index contributed by atoms with van der Waals surface area (Å²) in [6.07, 6.45) is 7.71. The van der Waals surface area contributed by atoms with Gasteiger partial charge in [0, 0.05) is 87.1 Å². The zero-order valence-electron chi connectivity index (χ0n) is 56.8. The van der Waals surface area contributed by atoms with Crippen molar-refractivity contribution in [3.05, 3.63) is 71.8 Å². The number of anilines is 2. The fourth-order valence-corrected chi connectivity index (χ4v) is 9.59. The van der Waals surface area contributed by atoms with E-state index in [-0.39, 0.29) is 136 Å². The van der Waals surface area contributed by atoms with Crippen LogP contribution in [0.4, 0.5) is 21.0 Å². The molecule has 2 aromatic rings. The van der Waals surface area contributed by atoms with Crippen molar-refractivity contribution in [1.82, 2.24) is 31.5 Å². The van der Waals surface area contributed by atoms with Crippen LogP contribution in [-0.4, -0.2) is 130 Å². The summed E-state index contributed by atoms with van der Waals surface area (Å²) in [4.78, 5) is 173. The Bertz CT molecular complexity index is 2940. The molecule has 0 radical (unpaired) electrons. The Morgan fingerprint density at radius 1 is 0.495 bits per heavy atom. The van der Waals surface area contributed by atoms with Gasteiger partial charge in [-0.1, -0.05) is 87.4 Å². The minimum absolute atomic E-state index is 0.0552. The molecule has 526 valence electrons. The maximum absolute atomic E-state index is 13.5. The molecule has 0 aromatic heterocycles. The molecule has 11 amide bonds. The van der Waals surface area contributed by atoms with E-state index in [1.807, 2.05) is 50.3 Å². The lowest BCUT2D eigenvalue weighted by molar-refractivity contribution is -0.155. The molecule has 0 spiro atoms. The molecular weight excluding hydrogens is 1340 g/mol. The molecule has 1 heterocycles. The second-order valence-electron chi connectivity index (χ2n) is 26.2. The minimum Gasteiger partial charge on any atom is -0.460 e. The molecule has 11 N–H and O–H groups in total. The number of unbranched alkanes of at least 4 members (excludes halogenated alkanes) is 4. The van der Waals surface area contributed by atoms with Crippen LogP contribution in [0, 0.1) is 34.5 Å². The summed E-state index contributed by atoms with van der Waals surface area (Å²) in [5.41, 5.74) is 11.6. The normalized spacial score (nSPS) is 13.3. The number of esters is 2. The summed E-state index contributed by atoms with van der Waals surface area (Å²) >= 11 is 1.98. The number of rotatable bonds is 41. The van der Waals surface area contributed by atoms with Gasteiger partial charge in [-0.2, -0.15) is 0 Å². The Balaban J connectivity index is 0.000000654. The Morgan fingerprint density at radius 2 is 0.863 bits per heavy atom. The molecule has 0 bridgehead atoms. The average molecular weight is 1440 g/mol. The first-order valence-corrected chi connectivity index (χ1v) is 33.9. The fraction of sp³-hybridized carbons (Fsp3) is 0.588. The van der Waals surface area contributed by atoms with Crippen molar-refractivity contribution in [2.45, 2.75) is 191 Å². The lowest BCUT2D eigenvalue weighted by atomic mass is 9.89. The molecule has 0 unspecified atom stereocenters. The first-order chi connectivity index (χ1) is 44.6. The molecule has 26 nitrogen and oxygen atoms in total. The SMILES string of the molecule is CC(C)[C@H](NC(=O)CCCCCCC(=O)CN1C(=O)C=CC1=O)C(=O)C[C@@H](CCCNC(N)=O)C(=O)Nc1ccc(COC(=O)C(C)(C)C)cc1.CC(C)[C@H](NC(=O)CCCCNC(=O)CI)C(=O)C[C@@H](CCCNC(N)=O)C(=O)Nc1ccc(COC(=O)C(C)(C)C)cc1. The van der Waals surface area contributed by atoms with Gasteiger partial charge >= 0.3 is 24.0 Å². The predicted molar refractivity (Wildman–Crippen MR) is 366 cm³/mol. The van der Waals surface area contributed by atoms with Crippen molar-refractivity contribution >= 4 is 117 Å². The number of alkyl halides is 1. The summed E-state index contributed by atoms with van der Waals surface area (Å²) < 4.78 is 11.0. The van der Waals surface area contributed by atoms with Crippen molar-refractivity contribution < 1.29 is 76.6 Å². The molecule has 95 heavy (non-hydrogen) atoms. The molecule has 0 saturated carbocycles. The lowest BCUT2D eigenvalue weighted by Crippen LogP contribution is -2.45. The van der Waals surface area contributed by atoms with Crippen molar-refractivity contribution in [2.24, 2.45) is 46.0 Å². The number of nitrogens with two attached hydrogens (primary N) is 2. The van der Waals surface area contributed by atoms with Gasteiger partial charge in [0.2, 0.25) is 29.5 Å². The summed E-state index contributed by atoms with van der Waals surface area (Å²) in [5.74, 6) is -5.68. The third-order valence-corrected chi connectivity index (χ3v) is 15.6. The summed E-state index contributed by atoms with van der Waals surface area (Å²) in [5, 5.41) is 19.1. The van der Waals surface area contributed by atoms with Gasteiger partial charge < -0.3 is 58.2 Å². The number of imide groups is 1. The van der Waals surface area contributed by atoms with Crippen LogP contribution in [0.3, 0.4) is 0 Å². The van der Waals surface area contributed by atoms with Crippen LogP contribution in [-0.2, 0) is 80.2 Å². The van der Waals surface area contributed by atoms with E-state index in [0.717, 1.165) is 28.2 Å². The van der Waals surface area contributed by atoms with Gasteiger partial charge in [-0.3, -0.25) is 62.4 Å². The number of nitrogens with zero attached hydrogens (tertiary/aromatic N) is 1. The molecular formula is C68H101IN10O16. The van der Waals surface area contributed by atoms with Crippen LogP contribution >= 0.6 is 22.6 Å². The fourth-order valence-electron chi connectivity index (χ4n) is 9.32. The maximum atomic E-state index is 13.5. The van der Waals surface area contributed by atoms with E-state index in [4.69, 9.17) is 20.9 Å². The van der Waals surface area contributed by atoms with Crippen LogP contribution in [0.2, 0.25) is 0 Å². The highest BCUT2D eigenvalue weighted by Crippen LogP contribution is 2.24. The van der Waals surface area contributed by atoms with E-state index < -0.39 is 64.5 Å². The molecule has 0 fully saturated rings. The first-order valence-electron chi connectivity index (χ1n) is 32.3. The number of hydrogen-bond acceptors (Lipinski definition) is 16. The average Bonchev–Trinajstić information content (AvgIpc) is 2.03. The van der Waals surface area contributed by atoms with Crippen LogP contribution in [0.25, 0.3) is 0 Å². The van der Waals surface area contributed by atoms with Gasteiger partial charge in [-0.05, 0) is 140 Å². The predicted octanol–water partition coefficient (Wildman–Crippen LogP) is 7.31. The monoisotopic (exact) mass is 1440 g/mol. The molecule has 27 heteroatoms. The van der Waals surface area contributed by atoms with Gasteiger partial charge in [0.15, 0.2) is 17.3 Å². The standard InChI is InChI=1S/C37H53N5O9.C31H48IN5O7/c1-24(2)33(41-30(45)13-9-7-6-8-12-28(43)22-42-31(46)18-19-32(42)47)29(44)21-26(11-10-20-39-36(38)50)34(48)40-27-16-14-25(15-17-27)23-51-35(49)37(3,4)5;1-20(2)27(37-25(39)10-6-7-15-34-26(40)18-32)24(38)17-22(9-8-16-35-30(33)43)28(41)36-23-13-11-21(12-14-23)19-44-29(42)31(3,4)5/h14-19,24,26,33H,6-13,20-23H2,1-5H3,(H,40,48)(H,41,45)(H3,38,39,50);11-14,20,22,27H,6-10,15-19H2,1-5H3,(H,34,40)(H,36,41)(H,37,39)(H3,33,35,43)/t26-,33+;22-,27+/m11/s1. The van der Waals surface area contributed by atoms with Gasteiger partial charge in [0.05, 0.1) is 33.9 Å². The largest absolute Gasteiger partial charge is 0.460 e. The number of urea groups is 2. The van der Waals surface area contributed by atoms with Gasteiger partial charge in [-0.15, -0.1) is 0 Å². The molecule has 0 aliphatic carbocycles. The summed E-state index contributed by atoms with van der Waals surface area (Å²) in [6, 6.07) is 10.7. The smallest absolute Gasteiger partial charge is 0.312 e. The summed E-state index contributed by atoms with van der Waals surface area (Å²) in [6.45, 7) is 18.8. The second-order valence-corrected chi connectivity index (χ2v) is 27.0. The van der Waals surface area contributed by atoms with Gasteiger partial charge in [-0.25, -0.2) is 9.59 Å². The van der Waals surface area contributed by atoms with Crippen molar-refractivity contribution in [1.29, 1.82) is 0 Å². The molecule has 1 aliphatic rings. The van der Waals surface area contributed by atoms with E-state index in [2.05, 4.69) is 37.2 Å². The zero-order valence-corrected chi connectivity index (χ0v) is 59.0. The number of Topliss-reactive ketones (excluding diaryl/α,β-unsaturated/α-hetero) is 3. The number of halogens is 1. The number of carbonyl (C=O) groups is 14. The Labute approximate surface area is 571 Å². The Hall–Kier alpha value is -8.11. The van der Waals surface area contributed by atoms with Crippen molar-refractivity contribution in [3.8, 4) is 0 Å². The number of benzene rings is 2. The quantitative estimate of drug-likeness (QED) is 0.0103. The number of carbonyl (C=O) groups excluding carboxylic acids is 14. The topological polar surface area (TPSA) is 397 Å². The number of ketones is 3. The third-order valence-electron chi connectivity index (χ3n) is 14.9. The lowest BCUT2D eigenvalue weighted by Gasteiger charge is -2.24. The van der Waals surface area contributed by atoms with E-state index in [1.165, 1.54) is 0 Å². The highest BCUT2D eigenvalue weighted by atomic mass is 127. The van der Waals surface area contributed by atoms with Crippen LogP contribution < -0.4 is 48.7 Å². The Morgan fingerprint density at radius 3 is 1.22 bits per heavy atom. The molecule has 2 aromatic carbocycles. The van der Waals surface area contributed by atoms with Crippen LogP contribution in [0.1, 0.15) is 177 Å². The molecule has 3 rings (SSSR count). The van der Waals surface area contributed by atoms with Crippen molar-refractivity contribution in [3.63, 3.8) is 0 Å². The summed E-state index contributed by atoms with van der Waals surface area (Å²) in [7, 11) is 0.